The van der Waals surface area contributed by atoms with Gasteiger partial charge < -0.3 is 4.74 Å². The van der Waals surface area contributed by atoms with Gasteiger partial charge in [-0.05, 0) is 72.5 Å². The van der Waals surface area contributed by atoms with Crippen LogP contribution in [0, 0.1) is 47.0 Å². The largest absolute Gasteiger partial charge is 0.494 e. The first kappa shape index (κ1) is 23.9. The Hall–Kier alpha value is -4.22. The Morgan fingerprint density at radius 3 is 2.06 bits per heavy atom. The first-order chi connectivity index (χ1) is 16.9. The van der Waals surface area contributed by atoms with Gasteiger partial charge in [0, 0.05) is 22.1 Å². The molecule has 1 nitrogen and oxygen atoms in total. The molecule has 174 valence electrons. The second-order valence-electron chi connectivity index (χ2n) is 7.84. The van der Waals surface area contributed by atoms with Crippen molar-refractivity contribution < 1.29 is 22.3 Å². The van der Waals surface area contributed by atoms with E-state index in [1.54, 1.807) is 6.07 Å². The van der Waals surface area contributed by atoms with E-state index in [9.17, 15) is 17.6 Å². The van der Waals surface area contributed by atoms with Crippen LogP contribution in [0.4, 0.5) is 17.6 Å². The van der Waals surface area contributed by atoms with E-state index in [1.165, 1.54) is 30.3 Å². The van der Waals surface area contributed by atoms with Crippen molar-refractivity contribution in [2.24, 2.45) is 0 Å². The molecule has 0 heterocycles. The highest BCUT2D eigenvalue weighted by Crippen LogP contribution is 2.24. The quantitative estimate of drug-likeness (QED) is 0.130. The van der Waals surface area contributed by atoms with Crippen molar-refractivity contribution in [2.45, 2.75) is 19.8 Å². The highest BCUT2D eigenvalue weighted by atomic mass is 19.2. The van der Waals surface area contributed by atoms with Gasteiger partial charge in [0.2, 0.25) is 0 Å². The van der Waals surface area contributed by atoms with Crippen LogP contribution in [0.15, 0.2) is 66.7 Å². The van der Waals surface area contributed by atoms with E-state index in [0.29, 0.717) is 17.7 Å². The van der Waals surface area contributed by atoms with E-state index < -0.39 is 23.3 Å². The topological polar surface area (TPSA) is 9.23 Å². The summed E-state index contributed by atoms with van der Waals surface area (Å²) in [6.07, 6.45) is 2.07. The minimum absolute atomic E-state index is 0.0535. The van der Waals surface area contributed by atoms with Crippen molar-refractivity contribution in [1.29, 1.82) is 0 Å². The molecule has 0 aliphatic heterocycles. The third-order valence-corrected chi connectivity index (χ3v) is 5.26. The Kier molecular flexibility index (Phi) is 7.38. The van der Waals surface area contributed by atoms with E-state index in [1.807, 2.05) is 24.3 Å². The smallest absolute Gasteiger partial charge is 0.195 e. The fourth-order valence-electron chi connectivity index (χ4n) is 3.33. The number of hydrogen-bond donors (Lipinski definition) is 0. The average Bonchev–Trinajstić information content (AvgIpc) is 2.86. The Morgan fingerprint density at radius 2 is 1.31 bits per heavy atom. The van der Waals surface area contributed by atoms with Gasteiger partial charge in [0.25, 0.3) is 0 Å². The van der Waals surface area contributed by atoms with Crippen molar-refractivity contribution in [3.05, 3.63) is 112 Å². The average molecular weight is 472 g/mol. The Labute approximate surface area is 201 Å². The van der Waals surface area contributed by atoms with Crippen LogP contribution in [-0.4, -0.2) is 6.61 Å². The second-order valence-corrected chi connectivity index (χ2v) is 7.84. The molecule has 0 atom stereocenters. The fraction of sp³-hybridized carbons (Fsp3) is 0.133. The number of rotatable bonds is 4. The Bertz CT molecular complexity index is 1500. The summed E-state index contributed by atoms with van der Waals surface area (Å²) in [5.41, 5.74) is 1.84. The normalized spacial score (nSPS) is 10.3. The monoisotopic (exact) mass is 472 g/mol. The van der Waals surface area contributed by atoms with Gasteiger partial charge in [0.1, 0.15) is 11.6 Å². The number of fused-ring (bicyclic) bond motifs is 1. The van der Waals surface area contributed by atoms with Crippen LogP contribution in [-0.2, 0) is 0 Å². The molecule has 0 saturated carbocycles. The Balaban J connectivity index is 1.49. The zero-order chi connectivity index (χ0) is 24.8. The third-order valence-electron chi connectivity index (χ3n) is 5.26. The molecule has 0 aromatic heterocycles. The molecule has 0 fully saturated rings. The van der Waals surface area contributed by atoms with Crippen LogP contribution in [0.3, 0.4) is 0 Å². The second kappa shape index (κ2) is 10.8. The highest BCUT2D eigenvalue weighted by molar-refractivity contribution is 5.84. The first-order valence-corrected chi connectivity index (χ1v) is 11.1. The van der Waals surface area contributed by atoms with Crippen LogP contribution in [0.1, 0.15) is 42.0 Å². The number of hydrogen-bond acceptors (Lipinski definition) is 1. The van der Waals surface area contributed by atoms with E-state index in [4.69, 9.17) is 4.74 Å². The summed E-state index contributed by atoms with van der Waals surface area (Å²) >= 11 is 0. The van der Waals surface area contributed by atoms with E-state index in [0.717, 1.165) is 30.2 Å². The van der Waals surface area contributed by atoms with Gasteiger partial charge in [0.15, 0.2) is 17.5 Å². The molecule has 0 N–H and O–H groups in total. The van der Waals surface area contributed by atoms with Crippen molar-refractivity contribution in [3.8, 4) is 29.4 Å². The minimum Gasteiger partial charge on any atom is -0.494 e. The van der Waals surface area contributed by atoms with Crippen molar-refractivity contribution in [3.63, 3.8) is 0 Å². The molecule has 4 aromatic rings. The molecule has 0 aliphatic rings. The molecule has 0 radical (unpaired) electrons. The third kappa shape index (κ3) is 5.83. The standard InChI is InChI=1S/C30H20F4O/c1-2-3-16-35-25-13-8-20(9-14-25)4-5-22-7-12-23(27(31)18-22)11-6-21-10-15-26-24(17-21)19-28(32)30(34)29(26)33/h7-10,12-15,17-19H,2-3,16H2,1H3. The number of halogens is 4. The SMILES string of the molecule is CCCCOc1ccc(C#Cc2ccc(C#Cc3ccc4c(F)c(F)c(F)cc4c3)c(F)c2)cc1. The number of unbranched alkanes of at least 4 members (excludes halogenated alkanes) is 1. The van der Waals surface area contributed by atoms with Crippen LogP contribution in [0.2, 0.25) is 0 Å². The summed E-state index contributed by atoms with van der Waals surface area (Å²) in [5, 5.41) is 0.113. The molecular formula is C30H20F4O. The number of benzene rings is 4. The summed E-state index contributed by atoms with van der Waals surface area (Å²) in [5.74, 6) is 7.61. The zero-order valence-corrected chi connectivity index (χ0v) is 18.9. The maximum Gasteiger partial charge on any atom is 0.195 e. The summed E-state index contributed by atoms with van der Waals surface area (Å²) in [7, 11) is 0. The molecule has 0 unspecified atom stereocenters. The van der Waals surface area contributed by atoms with E-state index >= 15 is 0 Å². The van der Waals surface area contributed by atoms with Crippen LogP contribution < -0.4 is 4.74 Å². The van der Waals surface area contributed by atoms with Gasteiger partial charge in [0.05, 0.1) is 12.2 Å². The lowest BCUT2D eigenvalue weighted by Gasteiger charge is -2.04. The minimum atomic E-state index is -1.52. The molecule has 0 amide bonds. The maximum absolute atomic E-state index is 14.6. The molecule has 35 heavy (non-hydrogen) atoms. The van der Waals surface area contributed by atoms with Crippen molar-refractivity contribution in [2.75, 3.05) is 6.61 Å². The van der Waals surface area contributed by atoms with Gasteiger partial charge in [-0.25, -0.2) is 17.6 Å². The number of ether oxygens (including phenoxy) is 1. The van der Waals surface area contributed by atoms with E-state index in [2.05, 4.69) is 30.6 Å². The van der Waals surface area contributed by atoms with Gasteiger partial charge in [-0.2, -0.15) is 0 Å². The predicted molar refractivity (Wildman–Crippen MR) is 129 cm³/mol. The summed E-state index contributed by atoms with van der Waals surface area (Å²) in [4.78, 5) is 0. The first-order valence-electron chi connectivity index (χ1n) is 11.1. The fourth-order valence-corrected chi connectivity index (χ4v) is 3.33. The molecule has 0 bridgehead atoms. The molecule has 4 aromatic carbocycles. The summed E-state index contributed by atoms with van der Waals surface area (Å²) in [6.45, 7) is 2.78. The maximum atomic E-state index is 14.6. The predicted octanol–water partition coefficient (Wildman–Crippen LogP) is 7.37. The van der Waals surface area contributed by atoms with Gasteiger partial charge in [-0.1, -0.05) is 43.1 Å². The molecular weight excluding hydrogens is 452 g/mol. The van der Waals surface area contributed by atoms with Crippen molar-refractivity contribution >= 4 is 10.8 Å². The van der Waals surface area contributed by atoms with Gasteiger partial charge in [-0.15, -0.1) is 0 Å². The van der Waals surface area contributed by atoms with Crippen molar-refractivity contribution in [1.82, 2.24) is 0 Å². The van der Waals surface area contributed by atoms with E-state index in [-0.39, 0.29) is 16.3 Å². The lowest BCUT2D eigenvalue weighted by Crippen LogP contribution is -1.95. The summed E-state index contributed by atoms with van der Waals surface area (Å²) in [6, 6.07) is 17.0. The van der Waals surface area contributed by atoms with Crippen LogP contribution >= 0.6 is 0 Å². The van der Waals surface area contributed by atoms with Gasteiger partial charge >= 0.3 is 0 Å². The van der Waals surface area contributed by atoms with Gasteiger partial charge in [-0.3, -0.25) is 0 Å². The highest BCUT2D eigenvalue weighted by Gasteiger charge is 2.13. The molecule has 4 rings (SSSR count). The van der Waals surface area contributed by atoms with Crippen LogP contribution in [0.5, 0.6) is 5.75 Å². The zero-order valence-electron chi connectivity index (χ0n) is 18.9. The van der Waals surface area contributed by atoms with Crippen LogP contribution in [0.25, 0.3) is 10.8 Å². The summed E-state index contributed by atoms with van der Waals surface area (Å²) < 4.78 is 60.9. The lowest BCUT2D eigenvalue weighted by atomic mass is 10.1. The molecule has 0 spiro atoms. The lowest BCUT2D eigenvalue weighted by molar-refractivity contribution is 0.309. The molecule has 0 saturated heterocycles. The molecule has 5 heteroatoms. The molecule has 0 aliphatic carbocycles. The Morgan fingerprint density at radius 1 is 0.657 bits per heavy atom.